The second-order valence-corrected chi connectivity index (χ2v) is 15.0. The minimum absolute atomic E-state index is 0.0146. The highest BCUT2D eigenvalue weighted by Crippen LogP contribution is 2.44. The van der Waals surface area contributed by atoms with Crippen LogP contribution in [0.25, 0.3) is 32.9 Å². The maximum atomic E-state index is 17.2. The smallest absolute Gasteiger partial charge is 0.319 e. The minimum Gasteiger partial charge on any atom is -0.461 e. The number of halogens is 2. The number of nitrogen functional groups attached to an aromatic ring is 1. The molecule has 50 heavy (non-hydrogen) atoms. The molecule has 2 aromatic heterocycles. The van der Waals surface area contributed by atoms with Crippen molar-refractivity contribution in [3.8, 4) is 29.6 Å². The molecule has 0 amide bonds. The van der Waals surface area contributed by atoms with Gasteiger partial charge in [-0.15, -0.1) is 6.42 Å². The van der Waals surface area contributed by atoms with Crippen LogP contribution in [0.5, 0.6) is 6.01 Å². The summed E-state index contributed by atoms with van der Waals surface area (Å²) in [6.45, 7) is 9.49. The van der Waals surface area contributed by atoms with E-state index in [4.69, 9.17) is 31.6 Å². The van der Waals surface area contributed by atoms with Crippen LogP contribution in [-0.2, 0) is 4.74 Å². The average Bonchev–Trinajstić information content (AvgIpc) is 3.76. The number of terminal acetylenes is 1. The zero-order valence-electron chi connectivity index (χ0n) is 28.1. The molecule has 11 heteroatoms. The highest BCUT2D eigenvalue weighted by molar-refractivity contribution is 6.03. The molecule has 5 aliphatic heterocycles. The first-order valence-corrected chi connectivity index (χ1v) is 17.8. The molecule has 258 valence electrons. The molecular weight excluding hydrogens is 636 g/mol. The van der Waals surface area contributed by atoms with Gasteiger partial charge in [0.15, 0.2) is 5.82 Å². The zero-order valence-corrected chi connectivity index (χ0v) is 28.1. The maximum absolute atomic E-state index is 17.2. The van der Waals surface area contributed by atoms with Crippen LogP contribution in [0.3, 0.4) is 0 Å². The van der Waals surface area contributed by atoms with Gasteiger partial charge in [-0.2, -0.15) is 9.97 Å². The first kappa shape index (κ1) is 31.6. The van der Waals surface area contributed by atoms with Gasteiger partial charge >= 0.3 is 6.01 Å². The predicted molar refractivity (Wildman–Crippen MR) is 190 cm³/mol. The normalized spacial score (nSPS) is 26.9. The Kier molecular flexibility index (Phi) is 7.50. The molecule has 5 saturated heterocycles. The van der Waals surface area contributed by atoms with Gasteiger partial charge in [-0.05, 0) is 81.0 Å². The number of anilines is 2. The Morgan fingerprint density at radius 3 is 2.86 bits per heavy atom. The molecule has 9 nitrogen and oxygen atoms in total. The van der Waals surface area contributed by atoms with Crippen molar-refractivity contribution < 1.29 is 18.3 Å². The lowest BCUT2D eigenvalue weighted by Gasteiger charge is -2.47. The Hall–Kier alpha value is -4.37. The van der Waals surface area contributed by atoms with Crippen molar-refractivity contribution in [2.75, 3.05) is 56.6 Å². The molecule has 0 unspecified atom stereocenters. The number of hydrogen-bond acceptors (Lipinski definition) is 9. The molecule has 0 saturated carbocycles. The van der Waals surface area contributed by atoms with Crippen LogP contribution in [0.2, 0.25) is 0 Å². The number of rotatable bonds is 6. The second-order valence-electron chi connectivity index (χ2n) is 15.0. The summed E-state index contributed by atoms with van der Waals surface area (Å²) in [6, 6.07) is 6.58. The van der Waals surface area contributed by atoms with Gasteiger partial charge in [-0.3, -0.25) is 9.88 Å². The van der Waals surface area contributed by atoms with Gasteiger partial charge in [0.25, 0.3) is 0 Å². The summed E-state index contributed by atoms with van der Waals surface area (Å²) < 4.78 is 44.4. The summed E-state index contributed by atoms with van der Waals surface area (Å²) in [5, 5.41) is 5.43. The van der Waals surface area contributed by atoms with Crippen molar-refractivity contribution in [1.29, 1.82) is 0 Å². The summed E-state index contributed by atoms with van der Waals surface area (Å²) in [5.74, 6) is 2.29. The van der Waals surface area contributed by atoms with Gasteiger partial charge in [0.05, 0.1) is 16.5 Å². The Bertz CT molecular complexity index is 2100. The molecule has 0 radical (unpaired) electrons. The molecule has 3 atom stereocenters. The van der Waals surface area contributed by atoms with Gasteiger partial charge < -0.3 is 25.4 Å². The highest BCUT2D eigenvalue weighted by atomic mass is 19.1. The summed E-state index contributed by atoms with van der Waals surface area (Å²) >= 11 is 0. The first-order chi connectivity index (χ1) is 24.3. The molecule has 5 aliphatic rings. The lowest BCUT2D eigenvalue weighted by atomic mass is 9.77. The van der Waals surface area contributed by atoms with Crippen LogP contribution in [0, 0.1) is 29.9 Å². The number of hydrogen-bond donors (Lipinski definition) is 2. The van der Waals surface area contributed by atoms with Crippen molar-refractivity contribution in [3.05, 3.63) is 59.8 Å². The van der Waals surface area contributed by atoms with Gasteiger partial charge in [-0.25, -0.2) is 8.78 Å². The Morgan fingerprint density at radius 1 is 1.16 bits per heavy atom. The number of nitrogens with two attached hydrogens (primary N) is 1. The predicted octanol–water partition coefficient (Wildman–Crippen LogP) is 5.60. The Balaban J connectivity index is 1.18. The third-order valence-corrected chi connectivity index (χ3v) is 12.0. The lowest BCUT2D eigenvalue weighted by Crippen LogP contribution is -2.63. The summed E-state index contributed by atoms with van der Waals surface area (Å²) in [5.41, 5.74) is 8.03. The monoisotopic (exact) mass is 677 g/mol. The standard InChI is InChI=1S/C39H41F2N7O2/c1-3-28-31(40)6-5-24-15-26(42)16-29(32(24)28)34-33(41)35-30(18-43-34)36(45-37(44-35)50-22-38-10-4-12-48(38)19-23(2)17-38)47-20-27-7-11-39(21-47,46-27)25-8-13-49-14-9-25/h1,5-6,15-16,18,25,27,46H,2,4,7-14,17,19-22,42H2/t27-,38-,39+/m0/s1. The summed E-state index contributed by atoms with van der Waals surface area (Å²) in [7, 11) is 0. The van der Waals surface area contributed by atoms with E-state index in [1.165, 1.54) is 11.6 Å². The Labute approximate surface area is 290 Å². The summed E-state index contributed by atoms with van der Waals surface area (Å²) in [6.07, 6.45) is 14.5. The largest absolute Gasteiger partial charge is 0.461 e. The fourth-order valence-electron chi connectivity index (χ4n) is 9.73. The number of piperazine rings is 1. The fraction of sp³-hybridized carbons (Fsp3) is 0.462. The molecule has 9 rings (SSSR count). The first-order valence-electron chi connectivity index (χ1n) is 17.8. The highest BCUT2D eigenvalue weighted by Gasteiger charge is 2.50. The number of fused-ring (bicyclic) bond motifs is 5. The molecule has 2 aromatic carbocycles. The van der Waals surface area contributed by atoms with Crippen molar-refractivity contribution in [3.63, 3.8) is 0 Å². The van der Waals surface area contributed by atoms with Gasteiger partial charge in [0.1, 0.15) is 29.5 Å². The third-order valence-electron chi connectivity index (χ3n) is 12.0. The third kappa shape index (κ3) is 5.02. The number of nitrogens with one attached hydrogen (secondary N) is 1. The average molecular weight is 678 g/mol. The van der Waals surface area contributed by atoms with Crippen molar-refractivity contribution in [2.45, 2.75) is 62.1 Å². The van der Waals surface area contributed by atoms with Crippen LogP contribution in [0.4, 0.5) is 20.3 Å². The zero-order chi connectivity index (χ0) is 34.2. The van der Waals surface area contributed by atoms with Gasteiger partial charge in [0, 0.05) is 67.3 Å². The molecule has 3 N–H and O–H groups in total. The lowest BCUT2D eigenvalue weighted by molar-refractivity contribution is 0.0308. The van der Waals surface area contributed by atoms with E-state index in [2.05, 4.69) is 32.6 Å². The molecular formula is C39H41F2N7O2. The van der Waals surface area contributed by atoms with E-state index in [1.807, 2.05) is 0 Å². The van der Waals surface area contributed by atoms with Gasteiger partial charge in [-0.1, -0.05) is 24.1 Å². The second kappa shape index (κ2) is 11.9. The van der Waals surface area contributed by atoms with Crippen molar-refractivity contribution in [1.82, 2.24) is 25.2 Å². The molecule has 0 spiro atoms. The van der Waals surface area contributed by atoms with E-state index in [9.17, 15) is 4.39 Å². The topological polar surface area (TPSA) is 102 Å². The minimum atomic E-state index is -0.665. The van der Waals surface area contributed by atoms with Crippen LogP contribution in [0.15, 0.2) is 42.6 Å². The maximum Gasteiger partial charge on any atom is 0.319 e. The summed E-state index contributed by atoms with van der Waals surface area (Å²) in [4.78, 5) is 19.2. The quantitative estimate of drug-likeness (QED) is 0.154. The van der Waals surface area contributed by atoms with Gasteiger partial charge in [0.2, 0.25) is 0 Å². The van der Waals surface area contributed by atoms with Crippen molar-refractivity contribution >= 4 is 33.2 Å². The number of ether oxygens (including phenoxy) is 2. The van der Waals surface area contributed by atoms with E-state index in [0.717, 1.165) is 84.3 Å². The molecule has 0 aliphatic carbocycles. The number of aromatic nitrogens is 3. The fourth-order valence-corrected chi connectivity index (χ4v) is 9.73. The van der Waals surface area contributed by atoms with Crippen molar-refractivity contribution in [2.24, 2.45) is 5.92 Å². The number of nitrogens with zero attached hydrogens (tertiary/aromatic N) is 5. The van der Waals surface area contributed by atoms with Crippen LogP contribution in [0.1, 0.15) is 50.5 Å². The van der Waals surface area contributed by atoms with Crippen LogP contribution in [-0.4, -0.2) is 83.0 Å². The molecule has 4 aromatic rings. The van der Waals surface area contributed by atoms with E-state index >= 15 is 4.39 Å². The SMILES string of the molecule is C#Cc1c(F)ccc2cc(N)cc(-c3ncc4c(N5C[C@@H]6CC[C@](C7CCOCC7)(C5)N6)nc(OC[C@@]56CCCN5CC(=C)C6)nc4c3F)c12. The van der Waals surface area contributed by atoms with Crippen LogP contribution >= 0.6 is 0 Å². The van der Waals surface area contributed by atoms with E-state index in [1.54, 1.807) is 24.4 Å². The van der Waals surface area contributed by atoms with E-state index in [0.29, 0.717) is 45.8 Å². The molecule has 5 fully saturated rings. The number of benzene rings is 2. The molecule has 7 heterocycles. The number of pyridine rings is 1. The van der Waals surface area contributed by atoms with Crippen LogP contribution < -0.4 is 20.7 Å². The van der Waals surface area contributed by atoms with E-state index in [-0.39, 0.29) is 39.9 Å². The Morgan fingerprint density at radius 2 is 2.02 bits per heavy atom. The molecule has 2 bridgehead atoms. The van der Waals surface area contributed by atoms with E-state index < -0.39 is 11.6 Å².